The molecule has 1 saturated carbocycles. The molecule has 2 fully saturated rings. The predicted molar refractivity (Wildman–Crippen MR) is 74.1 cm³/mol. The van der Waals surface area contributed by atoms with Gasteiger partial charge in [0.2, 0.25) is 0 Å². The first kappa shape index (κ1) is 12.8. The van der Waals surface area contributed by atoms with Crippen molar-refractivity contribution in [2.45, 2.75) is 70.1 Å². The van der Waals surface area contributed by atoms with E-state index >= 15 is 0 Å². The Balaban J connectivity index is 1.71. The summed E-state index contributed by atoms with van der Waals surface area (Å²) in [6, 6.07) is 0.797. The van der Waals surface area contributed by atoms with Crippen LogP contribution in [-0.2, 0) is 0 Å². The Morgan fingerprint density at radius 1 is 1.12 bits per heavy atom. The van der Waals surface area contributed by atoms with Crippen molar-refractivity contribution in [3.8, 4) is 0 Å². The molecule has 1 unspecified atom stereocenters. The van der Waals surface area contributed by atoms with Crippen molar-refractivity contribution in [3.05, 3.63) is 0 Å². The fourth-order valence-electron chi connectivity index (χ4n) is 2.94. The third-order valence-corrected chi connectivity index (χ3v) is 5.94. The quantitative estimate of drug-likeness (QED) is 0.806. The van der Waals surface area contributed by atoms with Gasteiger partial charge in [0.1, 0.15) is 0 Å². The highest BCUT2D eigenvalue weighted by Crippen LogP contribution is 2.38. The molecule has 1 N–H and O–H groups in total. The van der Waals surface area contributed by atoms with Crippen molar-refractivity contribution in [1.29, 1.82) is 0 Å². The first-order valence-corrected chi connectivity index (χ1v) is 7.85. The van der Waals surface area contributed by atoms with Crippen LogP contribution < -0.4 is 5.32 Å². The minimum atomic E-state index is 0.535. The molecule has 0 aromatic heterocycles. The molecule has 1 nitrogen and oxygen atoms in total. The van der Waals surface area contributed by atoms with Crippen LogP contribution in [-0.4, -0.2) is 23.1 Å². The largest absolute Gasteiger partial charge is 0.313 e. The first-order valence-electron chi connectivity index (χ1n) is 6.87. The zero-order chi connectivity index (χ0) is 11.6. The Morgan fingerprint density at radius 2 is 1.81 bits per heavy atom. The van der Waals surface area contributed by atoms with E-state index in [0.717, 1.165) is 6.04 Å². The summed E-state index contributed by atoms with van der Waals surface area (Å²) >= 11 is 2.17. The second-order valence-electron chi connectivity index (χ2n) is 6.72. The van der Waals surface area contributed by atoms with Crippen LogP contribution in [0.2, 0.25) is 0 Å². The second kappa shape index (κ2) is 4.89. The van der Waals surface area contributed by atoms with E-state index in [1.807, 2.05) is 0 Å². The Morgan fingerprint density at radius 3 is 2.38 bits per heavy atom. The molecule has 0 radical (unpaired) electrons. The maximum Gasteiger partial charge on any atom is 0.0256 e. The molecule has 0 bridgehead atoms. The van der Waals surface area contributed by atoms with Crippen molar-refractivity contribution in [3.63, 3.8) is 0 Å². The number of thioether (sulfide) groups is 1. The summed E-state index contributed by atoms with van der Waals surface area (Å²) in [7, 11) is 0. The molecule has 0 amide bonds. The van der Waals surface area contributed by atoms with Crippen LogP contribution in [0.25, 0.3) is 0 Å². The maximum absolute atomic E-state index is 3.82. The zero-order valence-corrected chi connectivity index (χ0v) is 12.0. The van der Waals surface area contributed by atoms with E-state index in [0.29, 0.717) is 10.2 Å². The van der Waals surface area contributed by atoms with E-state index in [9.17, 15) is 0 Å². The fraction of sp³-hybridized carbons (Fsp3) is 1.00. The Hall–Kier alpha value is 0.310. The molecule has 1 aliphatic heterocycles. The summed E-state index contributed by atoms with van der Waals surface area (Å²) in [6.45, 7) is 8.49. The molecular formula is C14H27NS. The lowest BCUT2D eigenvalue weighted by Crippen LogP contribution is -2.42. The van der Waals surface area contributed by atoms with Gasteiger partial charge in [0.25, 0.3) is 0 Å². The first-order chi connectivity index (χ1) is 7.49. The van der Waals surface area contributed by atoms with E-state index in [1.165, 1.54) is 50.8 Å². The maximum atomic E-state index is 3.82. The smallest absolute Gasteiger partial charge is 0.0256 e. The molecule has 1 aliphatic carbocycles. The van der Waals surface area contributed by atoms with Crippen molar-refractivity contribution >= 4 is 11.8 Å². The van der Waals surface area contributed by atoms with Gasteiger partial charge in [-0.3, -0.25) is 0 Å². The van der Waals surface area contributed by atoms with Gasteiger partial charge < -0.3 is 5.32 Å². The summed E-state index contributed by atoms with van der Waals surface area (Å²) < 4.78 is 0.535. The molecule has 1 atom stereocenters. The summed E-state index contributed by atoms with van der Waals surface area (Å²) in [6.07, 6.45) is 8.38. The average molecular weight is 241 g/mol. The Bertz CT molecular complexity index is 221. The number of rotatable bonds is 3. The lowest BCUT2D eigenvalue weighted by Gasteiger charge is -2.36. The van der Waals surface area contributed by atoms with Gasteiger partial charge in [-0.05, 0) is 56.6 Å². The van der Waals surface area contributed by atoms with Crippen molar-refractivity contribution in [2.24, 2.45) is 5.41 Å². The van der Waals surface area contributed by atoms with Gasteiger partial charge in [-0.1, -0.05) is 13.8 Å². The minimum absolute atomic E-state index is 0.535. The zero-order valence-electron chi connectivity index (χ0n) is 11.1. The fourth-order valence-corrected chi connectivity index (χ4v) is 4.20. The summed E-state index contributed by atoms with van der Waals surface area (Å²) in [5.41, 5.74) is 0.601. The van der Waals surface area contributed by atoms with E-state index in [1.54, 1.807) is 0 Å². The van der Waals surface area contributed by atoms with Crippen LogP contribution in [0.5, 0.6) is 0 Å². The monoisotopic (exact) mass is 241 g/mol. The third-order valence-electron chi connectivity index (χ3n) is 4.40. The molecular weight excluding hydrogens is 214 g/mol. The van der Waals surface area contributed by atoms with Gasteiger partial charge in [-0.15, -0.1) is 0 Å². The Labute approximate surface area is 105 Å². The van der Waals surface area contributed by atoms with Crippen LogP contribution in [0, 0.1) is 5.41 Å². The summed E-state index contributed by atoms with van der Waals surface area (Å²) in [4.78, 5) is 0. The molecule has 2 rings (SSSR count). The minimum Gasteiger partial charge on any atom is -0.313 e. The van der Waals surface area contributed by atoms with E-state index in [-0.39, 0.29) is 0 Å². The average Bonchev–Trinajstić information content (AvgIpc) is 2.64. The SMILES string of the molecule is CC1(C)CCC(NCC2(C)CCCS2)CC1. The lowest BCUT2D eigenvalue weighted by atomic mass is 9.75. The molecule has 1 saturated heterocycles. The van der Waals surface area contributed by atoms with Gasteiger partial charge in [-0.2, -0.15) is 11.8 Å². The van der Waals surface area contributed by atoms with Crippen molar-refractivity contribution in [1.82, 2.24) is 5.32 Å². The third kappa shape index (κ3) is 3.40. The van der Waals surface area contributed by atoms with Crippen LogP contribution in [0.4, 0.5) is 0 Å². The van der Waals surface area contributed by atoms with Crippen molar-refractivity contribution < 1.29 is 0 Å². The molecule has 94 valence electrons. The standard InChI is InChI=1S/C14H27NS/c1-13(2)8-5-12(6-9-13)15-11-14(3)7-4-10-16-14/h12,15H,4-11H2,1-3H3. The van der Waals surface area contributed by atoms with E-state index in [2.05, 4.69) is 37.8 Å². The normalized spacial score (nSPS) is 35.4. The topological polar surface area (TPSA) is 12.0 Å². The predicted octanol–water partition coefficient (Wildman–Crippen LogP) is 3.83. The van der Waals surface area contributed by atoms with Gasteiger partial charge in [0.05, 0.1) is 0 Å². The number of hydrogen-bond acceptors (Lipinski definition) is 2. The molecule has 2 heteroatoms. The molecule has 0 spiro atoms. The van der Waals surface area contributed by atoms with Crippen LogP contribution in [0.3, 0.4) is 0 Å². The highest BCUT2D eigenvalue weighted by molar-refractivity contribution is 8.00. The number of nitrogens with one attached hydrogen (secondary N) is 1. The molecule has 0 aromatic carbocycles. The molecule has 16 heavy (non-hydrogen) atoms. The van der Waals surface area contributed by atoms with Gasteiger partial charge in [-0.25, -0.2) is 0 Å². The van der Waals surface area contributed by atoms with Crippen LogP contribution in [0.15, 0.2) is 0 Å². The number of hydrogen-bond donors (Lipinski definition) is 1. The lowest BCUT2D eigenvalue weighted by molar-refractivity contribution is 0.204. The second-order valence-corrected chi connectivity index (χ2v) is 8.40. The molecule has 2 aliphatic rings. The van der Waals surface area contributed by atoms with Gasteiger partial charge >= 0.3 is 0 Å². The summed E-state index contributed by atoms with van der Waals surface area (Å²) in [5, 5.41) is 3.82. The molecule has 0 aromatic rings. The van der Waals surface area contributed by atoms with Crippen molar-refractivity contribution in [2.75, 3.05) is 12.3 Å². The van der Waals surface area contributed by atoms with Gasteiger partial charge in [0, 0.05) is 17.3 Å². The van der Waals surface area contributed by atoms with Crippen LogP contribution in [0.1, 0.15) is 59.3 Å². The Kier molecular flexibility index (Phi) is 3.90. The molecule has 1 heterocycles. The van der Waals surface area contributed by atoms with E-state index < -0.39 is 0 Å². The highest BCUT2D eigenvalue weighted by Gasteiger charge is 2.31. The van der Waals surface area contributed by atoms with Gasteiger partial charge in [0.15, 0.2) is 0 Å². The van der Waals surface area contributed by atoms with Crippen LogP contribution >= 0.6 is 11.8 Å². The van der Waals surface area contributed by atoms with E-state index in [4.69, 9.17) is 0 Å². The highest BCUT2D eigenvalue weighted by atomic mass is 32.2. The summed E-state index contributed by atoms with van der Waals surface area (Å²) in [5.74, 6) is 1.37.